The third-order valence-electron chi connectivity index (χ3n) is 2.95. The van der Waals surface area contributed by atoms with Crippen molar-refractivity contribution in [1.82, 2.24) is 0 Å². The summed E-state index contributed by atoms with van der Waals surface area (Å²) in [5.41, 5.74) is 1.76. The molecule has 0 spiro atoms. The lowest BCUT2D eigenvalue weighted by Gasteiger charge is -2.07. The number of carbonyl (C=O) groups excluding carboxylic acids is 2. The molecular formula is C17H16INO3. The monoisotopic (exact) mass is 409 g/mol. The second kappa shape index (κ2) is 8.53. The van der Waals surface area contributed by atoms with Crippen LogP contribution in [0.1, 0.15) is 12.0 Å². The number of ether oxygens (including phenoxy) is 1. The first kappa shape index (κ1) is 16.5. The maximum absolute atomic E-state index is 11.7. The molecule has 2 aromatic rings. The van der Waals surface area contributed by atoms with Crippen LogP contribution in [0.5, 0.6) is 0 Å². The number of nitrogens with one attached hydrogen (secondary N) is 1. The third kappa shape index (κ3) is 5.85. The number of esters is 1. The lowest BCUT2D eigenvalue weighted by molar-refractivity contribution is -0.147. The molecule has 0 fully saturated rings. The number of hydrogen-bond acceptors (Lipinski definition) is 3. The Morgan fingerprint density at radius 2 is 1.68 bits per heavy atom. The van der Waals surface area contributed by atoms with Crippen LogP contribution in [0.4, 0.5) is 5.69 Å². The van der Waals surface area contributed by atoms with Crippen LogP contribution in [-0.2, 0) is 20.7 Å². The Bertz CT molecular complexity index is 626. The van der Waals surface area contributed by atoms with Crippen molar-refractivity contribution >= 4 is 40.2 Å². The highest BCUT2D eigenvalue weighted by Gasteiger charge is 2.08. The van der Waals surface area contributed by atoms with Gasteiger partial charge in [0.05, 0.1) is 0 Å². The quantitative estimate of drug-likeness (QED) is 0.588. The fourth-order valence-corrected chi connectivity index (χ4v) is 2.20. The molecule has 0 saturated heterocycles. The first-order valence-corrected chi connectivity index (χ1v) is 7.96. The number of carbonyl (C=O) groups is 2. The van der Waals surface area contributed by atoms with Crippen molar-refractivity contribution in [3.8, 4) is 0 Å². The van der Waals surface area contributed by atoms with E-state index in [0.29, 0.717) is 12.1 Å². The van der Waals surface area contributed by atoms with E-state index in [-0.39, 0.29) is 24.9 Å². The van der Waals surface area contributed by atoms with Gasteiger partial charge in [-0.25, -0.2) is 0 Å². The van der Waals surface area contributed by atoms with Gasteiger partial charge in [0.25, 0.3) is 5.91 Å². The molecule has 0 aliphatic rings. The minimum Gasteiger partial charge on any atom is -0.456 e. The van der Waals surface area contributed by atoms with E-state index in [9.17, 15) is 9.59 Å². The van der Waals surface area contributed by atoms with Crippen molar-refractivity contribution in [2.45, 2.75) is 12.8 Å². The Balaban J connectivity index is 1.69. The van der Waals surface area contributed by atoms with Gasteiger partial charge in [-0.2, -0.15) is 0 Å². The summed E-state index contributed by atoms with van der Waals surface area (Å²) in [6, 6.07) is 17.1. The normalized spacial score (nSPS) is 10.0. The topological polar surface area (TPSA) is 55.4 Å². The van der Waals surface area contributed by atoms with E-state index < -0.39 is 0 Å². The van der Waals surface area contributed by atoms with E-state index >= 15 is 0 Å². The first-order valence-electron chi connectivity index (χ1n) is 6.88. The molecule has 0 saturated carbocycles. The molecule has 2 rings (SSSR count). The zero-order chi connectivity index (χ0) is 15.8. The van der Waals surface area contributed by atoms with Gasteiger partial charge in [0.1, 0.15) is 0 Å². The maximum Gasteiger partial charge on any atom is 0.306 e. The van der Waals surface area contributed by atoms with Gasteiger partial charge in [-0.3, -0.25) is 9.59 Å². The highest BCUT2D eigenvalue weighted by Crippen LogP contribution is 2.11. The molecule has 0 aromatic heterocycles. The fraction of sp³-hybridized carbons (Fsp3) is 0.176. The number of anilines is 1. The Hall–Kier alpha value is -1.89. The van der Waals surface area contributed by atoms with Crippen LogP contribution in [0.3, 0.4) is 0 Å². The smallest absolute Gasteiger partial charge is 0.306 e. The zero-order valence-electron chi connectivity index (χ0n) is 11.9. The first-order chi connectivity index (χ1) is 10.6. The summed E-state index contributed by atoms with van der Waals surface area (Å²) in [7, 11) is 0. The van der Waals surface area contributed by atoms with E-state index in [1.165, 1.54) is 0 Å². The summed E-state index contributed by atoms with van der Waals surface area (Å²) in [6.45, 7) is -0.264. The highest BCUT2D eigenvalue weighted by atomic mass is 127. The molecule has 0 aliphatic heterocycles. The number of aryl methyl sites for hydroxylation is 1. The van der Waals surface area contributed by atoms with Gasteiger partial charge < -0.3 is 10.1 Å². The van der Waals surface area contributed by atoms with E-state index in [1.807, 2.05) is 42.5 Å². The van der Waals surface area contributed by atoms with Gasteiger partial charge in [-0.15, -0.1) is 0 Å². The summed E-state index contributed by atoms with van der Waals surface area (Å²) in [5.74, 6) is -0.712. The number of hydrogen-bond donors (Lipinski definition) is 1. The van der Waals surface area contributed by atoms with Crippen LogP contribution in [0.2, 0.25) is 0 Å². The van der Waals surface area contributed by atoms with Crippen molar-refractivity contribution in [2.24, 2.45) is 0 Å². The van der Waals surface area contributed by atoms with Gasteiger partial charge in [-0.05, 0) is 58.8 Å². The Labute approximate surface area is 143 Å². The minimum absolute atomic E-state index is 0.264. The van der Waals surface area contributed by atoms with Crippen molar-refractivity contribution in [3.63, 3.8) is 0 Å². The van der Waals surface area contributed by atoms with Gasteiger partial charge in [0.2, 0.25) is 0 Å². The summed E-state index contributed by atoms with van der Waals surface area (Å²) >= 11 is 2.19. The van der Waals surface area contributed by atoms with Crippen molar-refractivity contribution in [3.05, 3.63) is 63.7 Å². The standard InChI is InChI=1S/C17H16INO3/c18-14-7-9-15(10-8-14)19-16(20)12-22-17(21)11-6-13-4-2-1-3-5-13/h1-5,7-10H,6,11-12H2,(H,19,20). The average Bonchev–Trinajstić information content (AvgIpc) is 2.54. The fourth-order valence-electron chi connectivity index (χ4n) is 1.84. The van der Waals surface area contributed by atoms with Gasteiger partial charge >= 0.3 is 5.97 Å². The summed E-state index contributed by atoms with van der Waals surface area (Å²) in [4.78, 5) is 23.3. The van der Waals surface area contributed by atoms with Crippen molar-refractivity contribution in [1.29, 1.82) is 0 Å². The zero-order valence-corrected chi connectivity index (χ0v) is 14.1. The molecular weight excluding hydrogens is 393 g/mol. The Morgan fingerprint density at radius 3 is 2.36 bits per heavy atom. The van der Waals surface area contributed by atoms with Crippen molar-refractivity contribution < 1.29 is 14.3 Å². The van der Waals surface area contributed by atoms with Gasteiger partial charge in [-0.1, -0.05) is 30.3 Å². The summed E-state index contributed by atoms with van der Waals surface area (Å²) in [6.07, 6.45) is 0.874. The molecule has 1 amide bonds. The van der Waals surface area contributed by atoms with E-state index in [4.69, 9.17) is 4.74 Å². The van der Waals surface area contributed by atoms with E-state index in [0.717, 1.165) is 9.13 Å². The maximum atomic E-state index is 11.7. The number of amides is 1. The molecule has 0 aliphatic carbocycles. The molecule has 1 N–H and O–H groups in total. The van der Waals surface area contributed by atoms with Gasteiger partial charge in [0.15, 0.2) is 6.61 Å². The second-order valence-corrected chi connectivity index (χ2v) is 5.95. The number of benzene rings is 2. The highest BCUT2D eigenvalue weighted by molar-refractivity contribution is 14.1. The molecule has 4 nitrogen and oxygen atoms in total. The predicted molar refractivity (Wildman–Crippen MR) is 93.5 cm³/mol. The Kier molecular flexibility index (Phi) is 6.39. The molecule has 22 heavy (non-hydrogen) atoms. The summed E-state index contributed by atoms with van der Waals surface area (Å²) in [5, 5.41) is 2.68. The molecule has 5 heteroatoms. The molecule has 114 valence electrons. The van der Waals surface area contributed by atoms with Crippen LogP contribution >= 0.6 is 22.6 Å². The lowest BCUT2D eigenvalue weighted by atomic mass is 10.1. The molecule has 0 radical (unpaired) electrons. The van der Waals surface area contributed by atoms with Crippen molar-refractivity contribution in [2.75, 3.05) is 11.9 Å². The minimum atomic E-state index is -0.374. The van der Waals surface area contributed by atoms with E-state index in [2.05, 4.69) is 27.9 Å². The third-order valence-corrected chi connectivity index (χ3v) is 3.67. The van der Waals surface area contributed by atoms with Gasteiger partial charge in [0, 0.05) is 15.7 Å². The van der Waals surface area contributed by atoms with Crippen LogP contribution in [0.25, 0.3) is 0 Å². The van der Waals surface area contributed by atoms with Crippen LogP contribution in [0, 0.1) is 3.57 Å². The van der Waals surface area contributed by atoms with Crippen LogP contribution < -0.4 is 5.32 Å². The Morgan fingerprint density at radius 1 is 1.00 bits per heavy atom. The van der Waals surface area contributed by atoms with E-state index in [1.54, 1.807) is 12.1 Å². The SMILES string of the molecule is O=C(COC(=O)CCc1ccccc1)Nc1ccc(I)cc1. The summed E-state index contributed by atoms with van der Waals surface area (Å²) < 4.78 is 6.06. The molecule has 0 heterocycles. The van der Waals surface area contributed by atoms with Crippen LogP contribution in [-0.4, -0.2) is 18.5 Å². The predicted octanol–water partition coefficient (Wildman–Crippen LogP) is 3.41. The molecule has 0 atom stereocenters. The molecule has 2 aromatic carbocycles. The number of rotatable bonds is 6. The largest absolute Gasteiger partial charge is 0.456 e. The number of halogens is 1. The molecule has 0 unspecified atom stereocenters. The second-order valence-electron chi connectivity index (χ2n) is 4.70. The van der Waals surface area contributed by atoms with Crippen LogP contribution in [0.15, 0.2) is 54.6 Å². The lowest BCUT2D eigenvalue weighted by Crippen LogP contribution is -2.21. The molecule has 0 bridgehead atoms. The average molecular weight is 409 g/mol.